The van der Waals surface area contributed by atoms with Crippen LogP contribution in [0.1, 0.15) is 12.8 Å². The lowest BCUT2D eigenvalue weighted by Crippen LogP contribution is -2.39. The van der Waals surface area contributed by atoms with Crippen LogP contribution in [0.2, 0.25) is 0 Å². The summed E-state index contributed by atoms with van der Waals surface area (Å²) in [4.78, 5) is 0. The van der Waals surface area contributed by atoms with Gasteiger partial charge in [-0.1, -0.05) is 0 Å². The minimum absolute atomic E-state index is 0.778. The van der Waals surface area contributed by atoms with Crippen molar-refractivity contribution >= 4 is 0 Å². The van der Waals surface area contributed by atoms with Crippen LogP contribution in [0.15, 0.2) is 0 Å². The summed E-state index contributed by atoms with van der Waals surface area (Å²) in [5.74, 6) is 0. The normalized spacial score (nSPS) is 30.7. The Morgan fingerprint density at radius 3 is 1.33 bits per heavy atom. The second-order valence-corrected chi connectivity index (χ2v) is 2.03. The van der Waals surface area contributed by atoms with Crippen LogP contribution in [0.25, 0.3) is 0 Å². The average Bonchev–Trinajstić information content (AvgIpc) is 1.78. The van der Waals surface area contributed by atoms with E-state index in [1.807, 2.05) is 0 Å². The monoisotopic (exact) mass is 143 g/mol. The Kier molecular flexibility index (Phi) is 1.20. The topological polar surface area (TPSA) is 12.0 Å². The standard InChI is InChI=1S/C4H5F4N/c5-3(6)1-2-4(7,8)9-3/h9H,1-2H2. The first-order valence-electron chi connectivity index (χ1n) is 2.46. The molecule has 0 aliphatic carbocycles. The molecule has 1 rings (SSSR count). The molecule has 1 nitrogen and oxygen atoms in total. The van der Waals surface area contributed by atoms with E-state index in [-0.39, 0.29) is 0 Å². The SMILES string of the molecule is FC1(F)CCC(F)(F)N1. The zero-order chi connectivity index (χ0) is 7.12. The summed E-state index contributed by atoms with van der Waals surface area (Å²) in [6.45, 7) is 0. The van der Waals surface area contributed by atoms with Crippen molar-refractivity contribution in [2.75, 3.05) is 0 Å². The third-order valence-electron chi connectivity index (χ3n) is 1.12. The number of hydrogen-bond donors (Lipinski definition) is 1. The zero-order valence-electron chi connectivity index (χ0n) is 4.43. The Bertz CT molecular complexity index is 108. The molecule has 0 bridgehead atoms. The van der Waals surface area contributed by atoms with E-state index in [1.54, 1.807) is 0 Å². The molecule has 0 aromatic rings. The van der Waals surface area contributed by atoms with Gasteiger partial charge >= 0.3 is 12.1 Å². The molecule has 0 atom stereocenters. The van der Waals surface area contributed by atoms with Gasteiger partial charge < -0.3 is 0 Å². The molecular weight excluding hydrogens is 138 g/mol. The van der Waals surface area contributed by atoms with Crippen molar-refractivity contribution in [1.82, 2.24) is 5.32 Å². The highest BCUT2D eigenvalue weighted by molar-refractivity contribution is 4.81. The molecule has 0 unspecified atom stereocenters. The molecule has 1 saturated heterocycles. The van der Waals surface area contributed by atoms with E-state index >= 15 is 0 Å². The first-order valence-corrected chi connectivity index (χ1v) is 2.46. The molecule has 0 spiro atoms. The van der Waals surface area contributed by atoms with Crippen molar-refractivity contribution in [3.63, 3.8) is 0 Å². The van der Waals surface area contributed by atoms with Crippen LogP contribution in [0.5, 0.6) is 0 Å². The van der Waals surface area contributed by atoms with Crippen LogP contribution in [0.3, 0.4) is 0 Å². The minimum atomic E-state index is -3.37. The van der Waals surface area contributed by atoms with Crippen molar-refractivity contribution in [2.24, 2.45) is 0 Å². The summed E-state index contributed by atoms with van der Waals surface area (Å²) in [5.41, 5.74) is 0. The average molecular weight is 143 g/mol. The Morgan fingerprint density at radius 1 is 0.889 bits per heavy atom. The molecule has 1 aliphatic heterocycles. The second-order valence-electron chi connectivity index (χ2n) is 2.03. The first-order chi connectivity index (χ1) is 3.91. The van der Waals surface area contributed by atoms with Crippen molar-refractivity contribution in [3.8, 4) is 0 Å². The fourth-order valence-corrected chi connectivity index (χ4v) is 0.707. The molecule has 0 aromatic carbocycles. The number of halogens is 4. The highest BCUT2D eigenvalue weighted by Gasteiger charge is 2.49. The molecular formula is C4H5F4N. The van der Waals surface area contributed by atoms with Gasteiger partial charge in [-0.25, -0.2) is 0 Å². The van der Waals surface area contributed by atoms with Crippen molar-refractivity contribution in [3.05, 3.63) is 0 Å². The van der Waals surface area contributed by atoms with Gasteiger partial charge in [-0.3, -0.25) is 0 Å². The Balaban J connectivity index is 2.58. The third kappa shape index (κ3) is 1.54. The van der Waals surface area contributed by atoms with Gasteiger partial charge in [-0.15, -0.1) is 0 Å². The van der Waals surface area contributed by atoms with Gasteiger partial charge in [0.2, 0.25) is 0 Å². The zero-order valence-corrected chi connectivity index (χ0v) is 4.43. The van der Waals surface area contributed by atoms with Crippen LogP contribution in [0.4, 0.5) is 17.6 Å². The van der Waals surface area contributed by atoms with Gasteiger partial charge in [-0.05, 0) is 0 Å². The summed E-state index contributed by atoms with van der Waals surface area (Å²) < 4.78 is 47.4. The van der Waals surface area contributed by atoms with Crippen molar-refractivity contribution in [1.29, 1.82) is 0 Å². The van der Waals surface area contributed by atoms with Crippen molar-refractivity contribution in [2.45, 2.75) is 24.9 Å². The van der Waals surface area contributed by atoms with Gasteiger partial charge in [0.15, 0.2) is 0 Å². The molecule has 1 fully saturated rings. The van der Waals surface area contributed by atoms with Gasteiger partial charge in [0.05, 0.1) is 0 Å². The van der Waals surface area contributed by atoms with Crippen LogP contribution in [-0.2, 0) is 0 Å². The van der Waals surface area contributed by atoms with E-state index < -0.39 is 24.9 Å². The lowest BCUT2D eigenvalue weighted by molar-refractivity contribution is -0.0914. The highest BCUT2D eigenvalue weighted by Crippen LogP contribution is 2.34. The van der Waals surface area contributed by atoms with Crippen molar-refractivity contribution < 1.29 is 17.6 Å². The maximum Gasteiger partial charge on any atom is 0.307 e. The number of rotatable bonds is 0. The van der Waals surface area contributed by atoms with E-state index in [0.717, 1.165) is 5.32 Å². The largest absolute Gasteiger partial charge is 0.307 e. The Labute approximate surface area is 49.0 Å². The first kappa shape index (κ1) is 6.80. The fraction of sp³-hybridized carbons (Fsp3) is 1.00. The van der Waals surface area contributed by atoms with E-state index in [4.69, 9.17) is 0 Å². The minimum Gasteiger partial charge on any atom is -0.198 e. The van der Waals surface area contributed by atoms with E-state index in [9.17, 15) is 17.6 Å². The third-order valence-corrected chi connectivity index (χ3v) is 1.12. The second kappa shape index (κ2) is 1.59. The maximum absolute atomic E-state index is 11.8. The van der Waals surface area contributed by atoms with E-state index in [1.165, 1.54) is 0 Å². The van der Waals surface area contributed by atoms with Gasteiger partial charge in [0.1, 0.15) is 0 Å². The Morgan fingerprint density at radius 2 is 1.22 bits per heavy atom. The molecule has 1 heterocycles. The molecule has 0 radical (unpaired) electrons. The van der Waals surface area contributed by atoms with E-state index in [2.05, 4.69) is 0 Å². The quantitative estimate of drug-likeness (QED) is 0.400. The summed E-state index contributed by atoms with van der Waals surface area (Å²) in [5, 5.41) is 0.903. The summed E-state index contributed by atoms with van der Waals surface area (Å²) in [6, 6.07) is -6.74. The smallest absolute Gasteiger partial charge is 0.198 e. The molecule has 1 aliphatic rings. The summed E-state index contributed by atoms with van der Waals surface area (Å²) >= 11 is 0. The fourth-order valence-electron chi connectivity index (χ4n) is 0.707. The summed E-state index contributed by atoms with van der Waals surface area (Å²) in [6.07, 6.45) is -1.56. The predicted octanol–water partition coefficient (Wildman–Crippen LogP) is 1.56. The maximum atomic E-state index is 11.8. The van der Waals surface area contributed by atoms with E-state index in [0.29, 0.717) is 0 Å². The van der Waals surface area contributed by atoms with Gasteiger partial charge in [0.25, 0.3) is 0 Å². The van der Waals surface area contributed by atoms with Crippen LogP contribution in [-0.4, -0.2) is 12.1 Å². The lowest BCUT2D eigenvalue weighted by atomic mass is 10.3. The Hall–Kier alpha value is -0.320. The predicted molar refractivity (Wildman–Crippen MR) is 22.3 cm³/mol. The number of alkyl halides is 4. The van der Waals surface area contributed by atoms with Crippen LogP contribution in [0, 0.1) is 0 Å². The van der Waals surface area contributed by atoms with Gasteiger partial charge in [0, 0.05) is 12.8 Å². The molecule has 1 N–H and O–H groups in total. The molecule has 5 heteroatoms. The van der Waals surface area contributed by atoms with Crippen LogP contribution >= 0.6 is 0 Å². The molecule has 0 saturated carbocycles. The molecule has 9 heavy (non-hydrogen) atoms. The molecule has 54 valence electrons. The highest BCUT2D eigenvalue weighted by atomic mass is 19.3. The lowest BCUT2D eigenvalue weighted by Gasteiger charge is -2.10. The number of hydrogen-bond acceptors (Lipinski definition) is 1. The molecule has 0 aromatic heterocycles. The molecule has 0 amide bonds. The summed E-state index contributed by atoms with van der Waals surface area (Å²) in [7, 11) is 0. The van der Waals surface area contributed by atoms with Gasteiger partial charge in [-0.2, -0.15) is 22.9 Å². The van der Waals surface area contributed by atoms with Crippen LogP contribution < -0.4 is 5.32 Å². The number of nitrogens with one attached hydrogen (secondary N) is 1.